The highest BCUT2D eigenvalue weighted by atomic mass is 16.6. The first-order chi connectivity index (χ1) is 9.99. The predicted octanol–water partition coefficient (Wildman–Crippen LogP) is -2.25. The quantitative estimate of drug-likeness (QED) is 0.387. The lowest BCUT2D eigenvalue weighted by Gasteiger charge is -2.18. The predicted molar refractivity (Wildman–Crippen MR) is 73.0 cm³/mol. The van der Waals surface area contributed by atoms with Gasteiger partial charge < -0.3 is 25.4 Å². The van der Waals surface area contributed by atoms with Crippen molar-refractivity contribution in [1.29, 1.82) is 0 Å². The van der Waals surface area contributed by atoms with Crippen molar-refractivity contribution in [3.05, 3.63) is 39.7 Å². The lowest BCUT2D eigenvalue weighted by Crippen LogP contribution is -2.38. The molecule has 21 heavy (non-hydrogen) atoms. The molecule has 1 aliphatic heterocycles. The van der Waals surface area contributed by atoms with Gasteiger partial charge in [0, 0.05) is 12.7 Å². The lowest BCUT2D eigenvalue weighted by atomic mass is 10.1. The number of rotatable bonds is 5. The largest absolute Gasteiger partial charge is 0.394 e. The Balaban J connectivity index is 2.37. The zero-order valence-electron chi connectivity index (χ0n) is 11.1. The van der Waals surface area contributed by atoms with Crippen LogP contribution in [0.5, 0.6) is 0 Å². The molecule has 5 N–H and O–H groups in total. The second-order valence-corrected chi connectivity index (χ2v) is 4.61. The molecule has 0 aromatic carbocycles. The summed E-state index contributed by atoms with van der Waals surface area (Å²) in [5.74, 6) is 0. The van der Waals surface area contributed by atoms with Gasteiger partial charge in [0.05, 0.1) is 6.61 Å². The summed E-state index contributed by atoms with van der Waals surface area (Å²) in [6, 6.07) is 0. The van der Waals surface area contributed by atoms with E-state index in [1.54, 1.807) is 0 Å². The average molecular weight is 299 g/mol. The third kappa shape index (κ3) is 2.90. The minimum absolute atomic E-state index is 0.0900. The summed E-state index contributed by atoms with van der Waals surface area (Å²) in [7, 11) is 0. The van der Waals surface area contributed by atoms with E-state index in [0.29, 0.717) is 6.54 Å². The van der Waals surface area contributed by atoms with Crippen LogP contribution < -0.4 is 16.6 Å². The van der Waals surface area contributed by atoms with E-state index in [0.717, 1.165) is 4.57 Å². The first-order valence-corrected chi connectivity index (χ1v) is 6.32. The van der Waals surface area contributed by atoms with Crippen molar-refractivity contribution in [2.75, 3.05) is 18.5 Å². The zero-order chi connectivity index (χ0) is 15.6. The Morgan fingerprint density at radius 2 is 2.14 bits per heavy atom. The van der Waals surface area contributed by atoms with Crippen molar-refractivity contribution in [3.63, 3.8) is 0 Å². The van der Waals surface area contributed by atoms with Crippen molar-refractivity contribution >= 4 is 5.69 Å². The SMILES string of the molecule is C=CCNc1cn([C@@H]2O[C@H](CO)[C@@H](O)[C@H]2O)c(=O)[nH]c1=O. The highest BCUT2D eigenvalue weighted by Crippen LogP contribution is 2.28. The number of hydrogen-bond donors (Lipinski definition) is 5. The summed E-state index contributed by atoms with van der Waals surface area (Å²) in [4.78, 5) is 25.5. The fourth-order valence-corrected chi connectivity index (χ4v) is 2.09. The van der Waals surface area contributed by atoms with E-state index in [9.17, 15) is 19.8 Å². The van der Waals surface area contributed by atoms with Gasteiger partial charge in [0.1, 0.15) is 24.0 Å². The third-order valence-electron chi connectivity index (χ3n) is 3.20. The molecule has 4 atom stereocenters. The van der Waals surface area contributed by atoms with Gasteiger partial charge in [0.15, 0.2) is 6.23 Å². The molecule has 0 amide bonds. The maximum absolute atomic E-state index is 11.8. The van der Waals surface area contributed by atoms with Gasteiger partial charge in [-0.25, -0.2) is 4.79 Å². The van der Waals surface area contributed by atoms with Gasteiger partial charge in [0.25, 0.3) is 5.56 Å². The molecule has 116 valence electrons. The molecule has 0 unspecified atom stereocenters. The zero-order valence-corrected chi connectivity index (χ0v) is 11.1. The van der Waals surface area contributed by atoms with Crippen molar-refractivity contribution in [3.8, 4) is 0 Å². The van der Waals surface area contributed by atoms with Crippen LogP contribution in [0, 0.1) is 0 Å². The van der Waals surface area contributed by atoms with Gasteiger partial charge in [-0.3, -0.25) is 14.3 Å². The monoisotopic (exact) mass is 299 g/mol. The van der Waals surface area contributed by atoms with Gasteiger partial charge in [-0.05, 0) is 0 Å². The summed E-state index contributed by atoms with van der Waals surface area (Å²) in [6.07, 6.45) is -2.23. The van der Waals surface area contributed by atoms with Crippen molar-refractivity contribution < 1.29 is 20.1 Å². The Morgan fingerprint density at radius 1 is 1.43 bits per heavy atom. The molecule has 0 spiro atoms. The molecule has 0 bridgehead atoms. The van der Waals surface area contributed by atoms with Gasteiger partial charge in [-0.2, -0.15) is 0 Å². The van der Waals surface area contributed by atoms with Crippen molar-refractivity contribution in [1.82, 2.24) is 9.55 Å². The number of aromatic amines is 1. The van der Waals surface area contributed by atoms with E-state index in [1.165, 1.54) is 12.3 Å². The smallest absolute Gasteiger partial charge is 0.330 e. The minimum atomic E-state index is -1.40. The molecule has 0 saturated carbocycles. The number of aliphatic hydroxyl groups excluding tert-OH is 3. The molecule has 2 heterocycles. The van der Waals surface area contributed by atoms with Crippen LogP contribution in [0.4, 0.5) is 5.69 Å². The highest BCUT2D eigenvalue weighted by molar-refractivity contribution is 5.38. The first-order valence-electron chi connectivity index (χ1n) is 6.32. The summed E-state index contributed by atoms with van der Waals surface area (Å²) in [5, 5.41) is 31.4. The van der Waals surface area contributed by atoms with E-state index in [-0.39, 0.29) is 5.69 Å². The Hall–Kier alpha value is -1.94. The molecule has 1 aliphatic rings. The fraction of sp³-hybridized carbons (Fsp3) is 0.500. The first kappa shape index (κ1) is 15.4. The maximum Gasteiger partial charge on any atom is 0.330 e. The lowest BCUT2D eigenvalue weighted by molar-refractivity contribution is -0.0549. The van der Waals surface area contributed by atoms with Crippen molar-refractivity contribution in [2.24, 2.45) is 0 Å². The Morgan fingerprint density at radius 3 is 2.71 bits per heavy atom. The molecule has 1 aromatic heterocycles. The number of aromatic nitrogens is 2. The molecule has 0 aliphatic carbocycles. The molecule has 0 radical (unpaired) electrons. The Labute approximate surface area is 119 Å². The van der Waals surface area contributed by atoms with Crippen LogP contribution >= 0.6 is 0 Å². The van der Waals surface area contributed by atoms with Gasteiger partial charge >= 0.3 is 5.69 Å². The normalized spacial score (nSPS) is 28.5. The van der Waals surface area contributed by atoms with Crippen LogP contribution in [-0.4, -0.2) is 56.3 Å². The molecule has 9 heteroatoms. The van der Waals surface area contributed by atoms with E-state index in [2.05, 4.69) is 16.9 Å². The van der Waals surface area contributed by atoms with Crippen LogP contribution in [0.25, 0.3) is 0 Å². The van der Waals surface area contributed by atoms with Crippen LogP contribution in [0.1, 0.15) is 6.23 Å². The van der Waals surface area contributed by atoms with Crippen LogP contribution in [0.3, 0.4) is 0 Å². The van der Waals surface area contributed by atoms with Gasteiger partial charge in [-0.15, -0.1) is 6.58 Å². The average Bonchev–Trinajstić information content (AvgIpc) is 2.74. The Kier molecular flexibility index (Phi) is 4.58. The summed E-state index contributed by atoms with van der Waals surface area (Å²) >= 11 is 0. The number of aliphatic hydroxyl groups is 3. The van der Waals surface area contributed by atoms with Crippen LogP contribution in [0.15, 0.2) is 28.4 Å². The minimum Gasteiger partial charge on any atom is -0.394 e. The molecular formula is C12H17N3O6. The fourth-order valence-electron chi connectivity index (χ4n) is 2.09. The van der Waals surface area contributed by atoms with Crippen molar-refractivity contribution in [2.45, 2.75) is 24.5 Å². The molecule has 1 saturated heterocycles. The van der Waals surface area contributed by atoms with E-state index >= 15 is 0 Å². The number of nitrogens with zero attached hydrogens (tertiary/aromatic N) is 1. The summed E-state index contributed by atoms with van der Waals surface area (Å²) in [6.45, 7) is 3.29. The highest BCUT2D eigenvalue weighted by Gasteiger charge is 2.43. The number of nitrogens with one attached hydrogen (secondary N) is 2. The maximum atomic E-state index is 11.8. The number of anilines is 1. The third-order valence-corrected chi connectivity index (χ3v) is 3.20. The summed E-state index contributed by atoms with van der Waals surface area (Å²) < 4.78 is 6.20. The number of H-pyrrole nitrogens is 1. The van der Waals surface area contributed by atoms with Crippen LogP contribution in [0.2, 0.25) is 0 Å². The number of hydrogen-bond acceptors (Lipinski definition) is 7. The number of ether oxygens (including phenoxy) is 1. The van der Waals surface area contributed by atoms with E-state index in [1.807, 2.05) is 0 Å². The van der Waals surface area contributed by atoms with Gasteiger partial charge in [-0.1, -0.05) is 6.08 Å². The second kappa shape index (κ2) is 6.22. The van der Waals surface area contributed by atoms with Crippen LogP contribution in [-0.2, 0) is 4.74 Å². The topological polar surface area (TPSA) is 137 Å². The molecule has 1 fully saturated rings. The molecule has 2 rings (SSSR count). The summed E-state index contributed by atoms with van der Waals surface area (Å²) in [5.41, 5.74) is -1.32. The second-order valence-electron chi connectivity index (χ2n) is 4.61. The molecular weight excluding hydrogens is 282 g/mol. The molecule has 9 nitrogen and oxygen atoms in total. The molecule has 1 aromatic rings. The van der Waals surface area contributed by atoms with E-state index < -0.39 is 42.4 Å². The van der Waals surface area contributed by atoms with Gasteiger partial charge in [0.2, 0.25) is 0 Å². The van der Waals surface area contributed by atoms with E-state index in [4.69, 9.17) is 9.84 Å². The standard InChI is InChI=1S/C12H17N3O6/c1-2-3-13-6-4-15(12(20)14-10(6)19)11-9(18)8(17)7(5-16)21-11/h2,4,7-9,11,13,16-18H,1,3,5H2,(H,14,19,20)/t7-,8-,9-,11-/m1/s1. The Bertz CT molecular complexity index is 624.